The van der Waals surface area contributed by atoms with E-state index >= 15 is 0 Å². The summed E-state index contributed by atoms with van der Waals surface area (Å²) in [7, 11) is 0. The number of rotatable bonds is 4. The van der Waals surface area contributed by atoms with Gasteiger partial charge in [-0.25, -0.2) is 0 Å². The summed E-state index contributed by atoms with van der Waals surface area (Å²) in [6.45, 7) is 4.14. The third-order valence-electron chi connectivity index (χ3n) is 3.38. The van der Waals surface area contributed by atoms with Gasteiger partial charge < -0.3 is 10.1 Å². The first-order valence-electron chi connectivity index (χ1n) is 6.68. The highest BCUT2D eigenvalue weighted by Gasteiger charge is 2.29. The van der Waals surface area contributed by atoms with Gasteiger partial charge in [0.25, 0.3) is 0 Å². The number of hydrogen-bond acceptors (Lipinski definition) is 3. The SMILES string of the molecule is C[C@H]1CNCCN1Cc1ccccc1OCC(F)(F)F. The van der Waals surface area contributed by atoms with E-state index in [1.165, 1.54) is 0 Å². The van der Waals surface area contributed by atoms with Crippen LogP contribution in [-0.2, 0) is 6.54 Å². The number of benzene rings is 1. The molecule has 0 aliphatic carbocycles. The van der Waals surface area contributed by atoms with Gasteiger partial charge in [0.2, 0.25) is 0 Å². The molecule has 20 heavy (non-hydrogen) atoms. The molecule has 1 aromatic rings. The van der Waals surface area contributed by atoms with Gasteiger partial charge >= 0.3 is 6.18 Å². The Hall–Kier alpha value is -1.27. The molecule has 1 atom stereocenters. The topological polar surface area (TPSA) is 24.5 Å². The maximum absolute atomic E-state index is 12.2. The lowest BCUT2D eigenvalue weighted by molar-refractivity contribution is -0.153. The number of nitrogens with zero attached hydrogens (tertiary/aromatic N) is 1. The van der Waals surface area contributed by atoms with Crippen LogP contribution >= 0.6 is 0 Å². The molecular formula is C14H19F3N2O. The van der Waals surface area contributed by atoms with Crippen molar-refractivity contribution in [3.63, 3.8) is 0 Å². The number of alkyl halides is 3. The summed E-state index contributed by atoms with van der Waals surface area (Å²) in [4.78, 5) is 2.24. The molecule has 0 bridgehead atoms. The summed E-state index contributed by atoms with van der Waals surface area (Å²) in [6, 6.07) is 7.28. The van der Waals surface area contributed by atoms with Crippen LogP contribution in [-0.4, -0.2) is 43.4 Å². The van der Waals surface area contributed by atoms with Gasteiger partial charge in [0.05, 0.1) is 0 Å². The molecule has 1 heterocycles. The Bertz CT molecular complexity index is 437. The average molecular weight is 288 g/mol. The zero-order valence-electron chi connectivity index (χ0n) is 11.4. The highest BCUT2D eigenvalue weighted by atomic mass is 19.4. The number of para-hydroxylation sites is 1. The zero-order chi connectivity index (χ0) is 14.6. The largest absolute Gasteiger partial charge is 0.484 e. The van der Waals surface area contributed by atoms with Gasteiger partial charge in [0.1, 0.15) is 5.75 Å². The lowest BCUT2D eigenvalue weighted by atomic mass is 10.1. The number of hydrogen-bond donors (Lipinski definition) is 1. The summed E-state index contributed by atoms with van der Waals surface area (Å²) >= 11 is 0. The van der Waals surface area contributed by atoms with Crippen LogP contribution in [0, 0.1) is 0 Å². The molecular weight excluding hydrogens is 269 g/mol. The minimum atomic E-state index is -4.31. The van der Waals surface area contributed by atoms with E-state index in [-0.39, 0.29) is 0 Å². The van der Waals surface area contributed by atoms with Crippen molar-refractivity contribution >= 4 is 0 Å². The van der Waals surface area contributed by atoms with E-state index in [1.807, 2.05) is 12.1 Å². The maximum Gasteiger partial charge on any atom is 0.422 e. The van der Waals surface area contributed by atoms with Crippen molar-refractivity contribution in [1.29, 1.82) is 0 Å². The number of piperazine rings is 1. The van der Waals surface area contributed by atoms with Gasteiger partial charge in [-0.3, -0.25) is 4.90 Å². The first-order valence-corrected chi connectivity index (χ1v) is 6.68. The van der Waals surface area contributed by atoms with Crippen molar-refractivity contribution in [2.24, 2.45) is 0 Å². The van der Waals surface area contributed by atoms with Crippen LogP contribution in [0.25, 0.3) is 0 Å². The summed E-state index contributed by atoms with van der Waals surface area (Å²) in [6.07, 6.45) is -4.31. The smallest absolute Gasteiger partial charge is 0.422 e. The predicted octanol–water partition coefficient (Wildman–Crippen LogP) is 2.42. The fourth-order valence-electron chi connectivity index (χ4n) is 2.27. The molecule has 0 amide bonds. The molecule has 1 N–H and O–H groups in total. The second-order valence-corrected chi connectivity index (χ2v) is 5.04. The van der Waals surface area contributed by atoms with Gasteiger partial charge in [0.15, 0.2) is 6.61 Å². The molecule has 6 heteroatoms. The molecule has 1 aliphatic heterocycles. The Morgan fingerprint density at radius 3 is 2.80 bits per heavy atom. The third kappa shape index (κ3) is 4.38. The quantitative estimate of drug-likeness (QED) is 0.921. The van der Waals surface area contributed by atoms with E-state index in [1.54, 1.807) is 12.1 Å². The lowest BCUT2D eigenvalue weighted by Gasteiger charge is -2.34. The van der Waals surface area contributed by atoms with Crippen LogP contribution in [0.15, 0.2) is 24.3 Å². The van der Waals surface area contributed by atoms with E-state index in [9.17, 15) is 13.2 Å². The summed E-state index contributed by atoms with van der Waals surface area (Å²) in [5.41, 5.74) is 0.797. The first-order chi connectivity index (χ1) is 9.46. The molecule has 3 nitrogen and oxygen atoms in total. The standard InChI is InChI=1S/C14H19F3N2O/c1-11-8-18-6-7-19(11)9-12-4-2-3-5-13(12)20-10-14(15,16)17/h2-5,11,18H,6-10H2,1H3/t11-/m0/s1. The fraction of sp³-hybridized carbons (Fsp3) is 0.571. The average Bonchev–Trinajstić information content (AvgIpc) is 2.39. The molecule has 0 unspecified atom stereocenters. The second-order valence-electron chi connectivity index (χ2n) is 5.04. The lowest BCUT2D eigenvalue weighted by Crippen LogP contribution is -2.49. The van der Waals surface area contributed by atoms with E-state index in [0.717, 1.165) is 25.2 Å². The van der Waals surface area contributed by atoms with Crippen LogP contribution in [0.5, 0.6) is 5.75 Å². The van der Waals surface area contributed by atoms with Gasteiger partial charge in [-0.2, -0.15) is 13.2 Å². The Balaban J connectivity index is 2.03. The van der Waals surface area contributed by atoms with Crippen molar-refractivity contribution in [2.45, 2.75) is 25.7 Å². The molecule has 1 fully saturated rings. The van der Waals surface area contributed by atoms with Crippen LogP contribution in [0.3, 0.4) is 0 Å². The zero-order valence-corrected chi connectivity index (χ0v) is 11.4. The number of ether oxygens (including phenoxy) is 1. The molecule has 0 aromatic heterocycles. The monoisotopic (exact) mass is 288 g/mol. The minimum Gasteiger partial charge on any atom is -0.484 e. The molecule has 1 aromatic carbocycles. The predicted molar refractivity (Wildman–Crippen MR) is 70.7 cm³/mol. The van der Waals surface area contributed by atoms with E-state index in [4.69, 9.17) is 4.74 Å². The van der Waals surface area contributed by atoms with Gasteiger partial charge in [-0.1, -0.05) is 18.2 Å². The van der Waals surface area contributed by atoms with Crippen molar-refractivity contribution < 1.29 is 17.9 Å². The highest BCUT2D eigenvalue weighted by molar-refractivity contribution is 5.33. The number of nitrogens with one attached hydrogen (secondary N) is 1. The van der Waals surface area contributed by atoms with Crippen LogP contribution in [0.2, 0.25) is 0 Å². The van der Waals surface area contributed by atoms with Crippen LogP contribution in [0.1, 0.15) is 12.5 Å². The molecule has 2 rings (SSSR count). The van der Waals surface area contributed by atoms with E-state index in [0.29, 0.717) is 18.3 Å². The molecule has 0 radical (unpaired) electrons. The normalized spacial score (nSPS) is 20.9. The van der Waals surface area contributed by atoms with Gasteiger partial charge in [-0.15, -0.1) is 0 Å². The maximum atomic E-state index is 12.2. The minimum absolute atomic E-state index is 0.315. The van der Waals surface area contributed by atoms with E-state index in [2.05, 4.69) is 17.1 Å². The van der Waals surface area contributed by atoms with Gasteiger partial charge in [-0.05, 0) is 13.0 Å². The summed E-state index contributed by atoms with van der Waals surface area (Å²) in [5, 5.41) is 3.29. The Morgan fingerprint density at radius 2 is 2.10 bits per heavy atom. The fourth-order valence-corrected chi connectivity index (χ4v) is 2.27. The van der Waals surface area contributed by atoms with Crippen LogP contribution in [0.4, 0.5) is 13.2 Å². The van der Waals surface area contributed by atoms with Crippen LogP contribution < -0.4 is 10.1 Å². The van der Waals surface area contributed by atoms with Gasteiger partial charge in [0, 0.05) is 37.8 Å². The van der Waals surface area contributed by atoms with Crippen molar-refractivity contribution in [1.82, 2.24) is 10.2 Å². The molecule has 112 valence electrons. The highest BCUT2D eigenvalue weighted by Crippen LogP contribution is 2.24. The van der Waals surface area contributed by atoms with Crippen molar-refractivity contribution in [3.05, 3.63) is 29.8 Å². The Kier molecular flexibility index (Phi) is 4.88. The van der Waals surface area contributed by atoms with Crippen molar-refractivity contribution in [2.75, 3.05) is 26.2 Å². The number of halogens is 3. The van der Waals surface area contributed by atoms with E-state index < -0.39 is 12.8 Å². The van der Waals surface area contributed by atoms with Crippen molar-refractivity contribution in [3.8, 4) is 5.75 Å². The Morgan fingerprint density at radius 1 is 1.35 bits per heavy atom. The molecule has 1 saturated heterocycles. The first kappa shape index (κ1) is 15.1. The molecule has 0 saturated carbocycles. The Labute approximate surface area is 116 Å². The second kappa shape index (κ2) is 6.45. The summed E-state index contributed by atoms with van der Waals surface area (Å²) < 4.78 is 41.7. The molecule has 0 spiro atoms. The molecule has 1 aliphatic rings. The summed E-state index contributed by atoms with van der Waals surface area (Å²) in [5.74, 6) is 0.315. The third-order valence-corrected chi connectivity index (χ3v) is 3.38.